The fourth-order valence-corrected chi connectivity index (χ4v) is 3.32. The van der Waals surface area contributed by atoms with E-state index in [1.165, 1.54) is 25.9 Å². The van der Waals surface area contributed by atoms with Crippen molar-refractivity contribution in [3.05, 3.63) is 23.9 Å². The molecule has 4 nitrogen and oxygen atoms in total. The molecule has 0 amide bonds. The van der Waals surface area contributed by atoms with Crippen LogP contribution >= 0.6 is 0 Å². The maximum atomic E-state index is 11.7. The van der Waals surface area contributed by atoms with E-state index < -0.39 is 0 Å². The molecule has 1 atom stereocenters. The van der Waals surface area contributed by atoms with E-state index in [9.17, 15) is 4.79 Å². The molecule has 2 fully saturated rings. The largest absolute Gasteiger partial charge is 0.354 e. The number of hydrogen-bond acceptors (Lipinski definition) is 4. The van der Waals surface area contributed by atoms with Crippen molar-refractivity contribution in [2.24, 2.45) is 0 Å². The lowest BCUT2D eigenvalue weighted by Gasteiger charge is -2.27. The number of anilines is 1. The molecule has 3 heterocycles. The molecule has 3 rings (SSSR count). The first-order chi connectivity index (χ1) is 9.25. The van der Waals surface area contributed by atoms with E-state index in [1.54, 1.807) is 13.1 Å². The minimum atomic E-state index is 0.107. The van der Waals surface area contributed by atoms with Crippen LogP contribution < -0.4 is 4.90 Å². The molecular formula is C15H21N3O. The van der Waals surface area contributed by atoms with E-state index in [2.05, 4.69) is 14.8 Å². The van der Waals surface area contributed by atoms with Gasteiger partial charge in [0.2, 0.25) is 0 Å². The van der Waals surface area contributed by atoms with Gasteiger partial charge in [-0.1, -0.05) is 0 Å². The van der Waals surface area contributed by atoms with Crippen LogP contribution in [-0.2, 0) is 0 Å². The Balaban J connectivity index is 1.87. The van der Waals surface area contributed by atoms with Gasteiger partial charge in [-0.05, 0) is 44.9 Å². The molecule has 0 aromatic carbocycles. The molecule has 102 valence electrons. The minimum Gasteiger partial charge on any atom is -0.354 e. The first-order valence-electron chi connectivity index (χ1n) is 7.20. The maximum Gasteiger partial charge on any atom is 0.163 e. The molecule has 1 aromatic rings. The molecule has 0 bridgehead atoms. The summed E-state index contributed by atoms with van der Waals surface area (Å²) in [6.45, 7) is 6.06. The Morgan fingerprint density at radius 1 is 1.32 bits per heavy atom. The molecule has 0 aliphatic carbocycles. The van der Waals surface area contributed by atoms with Gasteiger partial charge < -0.3 is 4.90 Å². The molecule has 1 aromatic heterocycles. The van der Waals surface area contributed by atoms with Crippen molar-refractivity contribution in [1.29, 1.82) is 0 Å². The van der Waals surface area contributed by atoms with E-state index in [0.29, 0.717) is 6.04 Å². The van der Waals surface area contributed by atoms with E-state index in [1.807, 2.05) is 12.1 Å². The van der Waals surface area contributed by atoms with Crippen LogP contribution in [0.3, 0.4) is 0 Å². The second-order valence-electron chi connectivity index (χ2n) is 5.56. The van der Waals surface area contributed by atoms with Crippen molar-refractivity contribution in [2.75, 3.05) is 31.1 Å². The van der Waals surface area contributed by atoms with Gasteiger partial charge in [-0.25, -0.2) is 4.98 Å². The number of nitrogens with zero attached hydrogens (tertiary/aromatic N) is 3. The molecule has 19 heavy (non-hydrogen) atoms. The summed E-state index contributed by atoms with van der Waals surface area (Å²) >= 11 is 0. The standard InChI is InChI=1S/C15H21N3O/c1-12(19)14-6-2-7-16-15(14)18-10-4-9-17-8-3-5-13(17)11-18/h2,6-7,13H,3-5,8-11H2,1H3. The normalized spacial score (nSPS) is 24.1. The van der Waals surface area contributed by atoms with E-state index in [0.717, 1.165) is 30.9 Å². The molecular weight excluding hydrogens is 238 g/mol. The van der Waals surface area contributed by atoms with Crippen LogP contribution in [0.2, 0.25) is 0 Å². The van der Waals surface area contributed by atoms with Crippen molar-refractivity contribution >= 4 is 11.6 Å². The summed E-state index contributed by atoms with van der Waals surface area (Å²) < 4.78 is 0. The summed E-state index contributed by atoms with van der Waals surface area (Å²) in [5.74, 6) is 0.986. The Bertz CT molecular complexity index is 474. The molecule has 2 aliphatic heterocycles. The van der Waals surface area contributed by atoms with Crippen molar-refractivity contribution in [2.45, 2.75) is 32.2 Å². The van der Waals surface area contributed by atoms with Gasteiger partial charge in [0.25, 0.3) is 0 Å². The Kier molecular flexibility index (Phi) is 3.51. The summed E-state index contributed by atoms with van der Waals surface area (Å²) in [5, 5.41) is 0. The number of carbonyl (C=O) groups excluding carboxylic acids is 1. The number of rotatable bonds is 2. The highest BCUT2D eigenvalue weighted by molar-refractivity contribution is 5.98. The molecule has 4 heteroatoms. The van der Waals surface area contributed by atoms with Crippen LogP contribution in [0.25, 0.3) is 0 Å². The summed E-state index contributed by atoms with van der Waals surface area (Å²) in [6.07, 6.45) is 5.53. The summed E-state index contributed by atoms with van der Waals surface area (Å²) in [5.41, 5.74) is 0.758. The van der Waals surface area contributed by atoms with Gasteiger partial charge >= 0.3 is 0 Å². The topological polar surface area (TPSA) is 36.4 Å². The first kappa shape index (κ1) is 12.6. The molecule has 0 spiro atoms. The monoisotopic (exact) mass is 259 g/mol. The number of pyridine rings is 1. The lowest BCUT2D eigenvalue weighted by molar-refractivity contribution is 0.101. The third kappa shape index (κ3) is 2.50. The van der Waals surface area contributed by atoms with Crippen molar-refractivity contribution in [3.63, 3.8) is 0 Å². The van der Waals surface area contributed by atoms with Crippen LogP contribution in [0.1, 0.15) is 36.5 Å². The van der Waals surface area contributed by atoms with Gasteiger partial charge in [0.15, 0.2) is 5.78 Å². The quantitative estimate of drug-likeness (QED) is 0.761. The summed E-state index contributed by atoms with van der Waals surface area (Å²) in [7, 11) is 0. The van der Waals surface area contributed by atoms with E-state index >= 15 is 0 Å². The molecule has 1 unspecified atom stereocenters. The van der Waals surface area contributed by atoms with E-state index in [4.69, 9.17) is 0 Å². The minimum absolute atomic E-state index is 0.107. The number of carbonyl (C=O) groups is 1. The molecule has 2 aliphatic rings. The lowest BCUT2D eigenvalue weighted by Crippen LogP contribution is -2.37. The molecule has 2 saturated heterocycles. The number of hydrogen-bond donors (Lipinski definition) is 0. The van der Waals surface area contributed by atoms with Crippen LogP contribution in [0, 0.1) is 0 Å². The molecule has 0 radical (unpaired) electrons. The van der Waals surface area contributed by atoms with Gasteiger partial charge in [0, 0.05) is 31.9 Å². The second kappa shape index (κ2) is 5.29. The van der Waals surface area contributed by atoms with Crippen LogP contribution in [-0.4, -0.2) is 47.9 Å². The van der Waals surface area contributed by atoms with E-state index in [-0.39, 0.29) is 5.78 Å². The molecule has 0 N–H and O–H groups in total. The predicted octanol–water partition coefficient (Wildman–Crippen LogP) is 1.96. The van der Waals surface area contributed by atoms with Crippen molar-refractivity contribution in [1.82, 2.24) is 9.88 Å². The Morgan fingerprint density at radius 2 is 2.16 bits per heavy atom. The highest BCUT2D eigenvalue weighted by atomic mass is 16.1. The first-order valence-corrected chi connectivity index (χ1v) is 7.20. The van der Waals surface area contributed by atoms with Crippen molar-refractivity contribution in [3.8, 4) is 0 Å². The highest BCUT2D eigenvalue weighted by Gasteiger charge is 2.30. The Morgan fingerprint density at radius 3 is 3.00 bits per heavy atom. The number of aromatic nitrogens is 1. The third-order valence-corrected chi connectivity index (χ3v) is 4.27. The molecule has 0 saturated carbocycles. The van der Waals surface area contributed by atoms with Gasteiger partial charge in [0.05, 0.1) is 5.56 Å². The predicted molar refractivity (Wildman–Crippen MR) is 75.7 cm³/mol. The number of ketones is 1. The van der Waals surface area contributed by atoms with Crippen LogP contribution in [0.5, 0.6) is 0 Å². The summed E-state index contributed by atoms with van der Waals surface area (Å²) in [4.78, 5) is 21.1. The lowest BCUT2D eigenvalue weighted by atomic mass is 10.1. The smallest absolute Gasteiger partial charge is 0.163 e. The average molecular weight is 259 g/mol. The zero-order valence-electron chi connectivity index (χ0n) is 11.5. The van der Waals surface area contributed by atoms with Gasteiger partial charge in [-0.15, -0.1) is 0 Å². The van der Waals surface area contributed by atoms with Gasteiger partial charge in [-0.2, -0.15) is 0 Å². The second-order valence-corrected chi connectivity index (χ2v) is 5.56. The van der Waals surface area contributed by atoms with Crippen LogP contribution in [0.4, 0.5) is 5.82 Å². The Labute approximate surface area is 114 Å². The van der Waals surface area contributed by atoms with Gasteiger partial charge in [0.1, 0.15) is 5.82 Å². The zero-order valence-corrected chi connectivity index (χ0v) is 11.5. The number of Topliss-reactive ketones (excluding diaryl/α,β-unsaturated/α-hetero) is 1. The fourth-order valence-electron chi connectivity index (χ4n) is 3.32. The average Bonchev–Trinajstić information content (AvgIpc) is 2.76. The Hall–Kier alpha value is -1.42. The van der Waals surface area contributed by atoms with Gasteiger partial charge in [-0.3, -0.25) is 9.69 Å². The third-order valence-electron chi connectivity index (χ3n) is 4.27. The number of fused-ring (bicyclic) bond motifs is 1. The SMILES string of the molecule is CC(=O)c1cccnc1N1CCCN2CCCC2C1. The van der Waals surface area contributed by atoms with Crippen molar-refractivity contribution < 1.29 is 4.79 Å². The maximum absolute atomic E-state index is 11.7. The summed E-state index contributed by atoms with van der Waals surface area (Å²) in [6, 6.07) is 4.38. The highest BCUT2D eigenvalue weighted by Crippen LogP contribution is 2.25. The fraction of sp³-hybridized carbons (Fsp3) is 0.600. The zero-order chi connectivity index (χ0) is 13.2. The van der Waals surface area contributed by atoms with Crippen LogP contribution in [0.15, 0.2) is 18.3 Å².